The molecule has 0 unspecified atom stereocenters. The molecular weight excluding hydrogens is 671 g/mol. The van der Waals surface area contributed by atoms with Gasteiger partial charge in [0.25, 0.3) is 0 Å². The highest BCUT2D eigenvalue weighted by Gasteiger charge is 2.16. The summed E-state index contributed by atoms with van der Waals surface area (Å²) in [6, 6.07) is 66.1. The van der Waals surface area contributed by atoms with Crippen molar-refractivity contribution in [1.82, 2.24) is 15.0 Å². The molecule has 2 heterocycles. The summed E-state index contributed by atoms with van der Waals surface area (Å²) < 4.78 is 6.12. The fourth-order valence-corrected chi connectivity index (χ4v) is 7.95. The number of aromatic nitrogens is 3. The predicted molar refractivity (Wildman–Crippen MR) is 227 cm³/mol. The van der Waals surface area contributed by atoms with Crippen LogP contribution in [0.3, 0.4) is 0 Å². The summed E-state index contributed by atoms with van der Waals surface area (Å²) in [6.45, 7) is 0. The first-order valence-electron chi connectivity index (χ1n) is 18.5. The molecule has 0 fully saturated rings. The molecule has 0 amide bonds. The van der Waals surface area contributed by atoms with Crippen molar-refractivity contribution in [1.29, 1.82) is 0 Å². The van der Waals surface area contributed by atoms with E-state index in [1.165, 1.54) is 43.4 Å². The Morgan fingerprint density at radius 2 is 0.855 bits per heavy atom. The van der Waals surface area contributed by atoms with Crippen LogP contribution in [0.4, 0.5) is 0 Å². The van der Waals surface area contributed by atoms with Gasteiger partial charge in [0.1, 0.15) is 11.2 Å². The van der Waals surface area contributed by atoms with Crippen LogP contribution in [0.5, 0.6) is 0 Å². The van der Waals surface area contributed by atoms with Gasteiger partial charge < -0.3 is 4.42 Å². The van der Waals surface area contributed by atoms with Crippen LogP contribution in [0.25, 0.3) is 111 Å². The molecule has 0 bridgehead atoms. The Hall–Kier alpha value is -7.43. The third-order valence-corrected chi connectivity index (χ3v) is 10.7. The minimum Gasteiger partial charge on any atom is -0.456 e. The number of rotatable bonds is 5. The van der Waals surface area contributed by atoms with Crippen molar-refractivity contribution >= 4 is 54.3 Å². The Kier molecular flexibility index (Phi) is 7.14. The van der Waals surface area contributed by atoms with Crippen molar-refractivity contribution in [3.8, 4) is 56.4 Å². The first-order valence-corrected chi connectivity index (χ1v) is 18.5. The van der Waals surface area contributed by atoms with E-state index in [0.717, 1.165) is 49.8 Å². The Morgan fingerprint density at radius 3 is 1.73 bits per heavy atom. The average molecular weight is 702 g/mol. The Morgan fingerprint density at radius 1 is 0.291 bits per heavy atom. The quantitative estimate of drug-likeness (QED) is 0.168. The van der Waals surface area contributed by atoms with Crippen LogP contribution in [-0.2, 0) is 0 Å². The zero-order valence-corrected chi connectivity index (χ0v) is 29.6. The SMILES string of the molecule is c1ccc(-c2nc(-c3cccc(-c4ccc5ccc(-c6cccc7ccc8ccccc8c67)cc5c4)c3)nc(-c3ccc4oc5ccccc5c4c3)n2)cc1. The molecular formula is C51H31N3O. The standard InChI is InChI=1S/C51H31N3O/c1-2-11-35(12-3-1)49-52-50(54-51(53-49)40-26-27-47-45(31-40)44-17-6-7-19-46(44)55-47)39-15-8-14-36(28-39)37-24-20-32-21-25-38(30-41(32)29-37)43-18-9-13-34-23-22-33-10-4-5-16-42(33)48(34)43/h1-31H. The van der Waals surface area contributed by atoms with Gasteiger partial charge in [0.15, 0.2) is 17.5 Å². The number of benzene rings is 9. The van der Waals surface area contributed by atoms with Crippen molar-refractivity contribution in [2.45, 2.75) is 0 Å². The number of hydrogen-bond donors (Lipinski definition) is 0. The molecule has 55 heavy (non-hydrogen) atoms. The molecule has 0 radical (unpaired) electrons. The molecule has 0 atom stereocenters. The van der Waals surface area contributed by atoms with Crippen LogP contribution in [-0.4, -0.2) is 15.0 Å². The smallest absolute Gasteiger partial charge is 0.164 e. The topological polar surface area (TPSA) is 51.8 Å². The first kappa shape index (κ1) is 31.1. The van der Waals surface area contributed by atoms with Gasteiger partial charge in [-0.05, 0) is 97.0 Å². The highest BCUT2D eigenvalue weighted by molar-refractivity contribution is 6.14. The van der Waals surface area contributed by atoms with Crippen molar-refractivity contribution in [2.75, 3.05) is 0 Å². The molecule has 0 aliphatic rings. The molecule has 0 saturated carbocycles. The number of fused-ring (bicyclic) bond motifs is 7. The summed E-state index contributed by atoms with van der Waals surface area (Å²) in [5, 5.41) is 9.54. The molecule has 4 nitrogen and oxygen atoms in total. The van der Waals surface area contributed by atoms with Crippen LogP contribution in [0.15, 0.2) is 192 Å². The fraction of sp³-hybridized carbons (Fsp3) is 0. The zero-order chi connectivity index (χ0) is 36.3. The lowest BCUT2D eigenvalue weighted by atomic mass is 9.92. The minimum atomic E-state index is 0.612. The number of furan rings is 1. The number of para-hydroxylation sites is 1. The van der Waals surface area contributed by atoms with Gasteiger partial charge in [-0.3, -0.25) is 0 Å². The van der Waals surface area contributed by atoms with E-state index in [0.29, 0.717) is 17.5 Å². The summed E-state index contributed by atoms with van der Waals surface area (Å²) in [4.78, 5) is 15.1. The minimum absolute atomic E-state index is 0.612. The third kappa shape index (κ3) is 5.43. The molecule has 11 aromatic rings. The van der Waals surface area contributed by atoms with Crippen molar-refractivity contribution in [2.24, 2.45) is 0 Å². The maximum atomic E-state index is 6.12. The van der Waals surface area contributed by atoms with Gasteiger partial charge >= 0.3 is 0 Å². The largest absolute Gasteiger partial charge is 0.456 e. The average Bonchev–Trinajstić information content (AvgIpc) is 3.64. The first-order chi connectivity index (χ1) is 27.2. The van der Waals surface area contributed by atoms with Crippen LogP contribution < -0.4 is 0 Å². The van der Waals surface area contributed by atoms with Gasteiger partial charge in [0.2, 0.25) is 0 Å². The van der Waals surface area contributed by atoms with Gasteiger partial charge in [-0.25, -0.2) is 15.0 Å². The van der Waals surface area contributed by atoms with E-state index in [1.54, 1.807) is 0 Å². The van der Waals surface area contributed by atoms with Crippen molar-refractivity contribution in [3.63, 3.8) is 0 Å². The van der Waals surface area contributed by atoms with E-state index in [2.05, 4.69) is 127 Å². The molecule has 0 aliphatic carbocycles. The molecule has 11 rings (SSSR count). The molecule has 2 aromatic heterocycles. The molecule has 0 aliphatic heterocycles. The van der Waals surface area contributed by atoms with Crippen molar-refractivity contribution in [3.05, 3.63) is 188 Å². The van der Waals surface area contributed by atoms with Crippen LogP contribution in [0, 0.1) is 0 Å². The molecule has 256 valence electrons. The number of hydrogen-bond acceptors (Lipinski definition) is 4. The van der Waals surface area contributed by atoms with E-state index in [1.807, 2.05) is 60.7 Å². The Bertz CT molecular complexity index is 3270. The summed E-state index contributed by atoms with van der Waals surface area (Å²) in [5.41, 5.74) is 9.12. The molecule has 0 saturated heterocycles. The molecule has 4 heteroatoms. The summed E-state index contributed by atoms with van der Waals surface area (Å²) in [6.07, 6.45) is 0. The lowest BCUT2D eigenvalue weighted by molar-refractivity contribution is 0.669. The maximum Gasteiger partial charge on any atom is 0.164 e. The molecule has 0 N–H and O–H groups in total. The van der Waals surface area contributed by atoms with E-state index in [9.17, 15) is 0 Å². The Labute approximate surface area is 317 Å². The second-order valence-corrected chi connectivity index (χ2v) is 14.0. The van der Waals surface area contributed by atoms with Crippen molar-refractivity contribution < 1.29 is 4.42 Å². The molecule has 0 spiro atoms. The van der Waals surface area contributed by atoms with Crippen LogP contribution in [0.2, 0.25) is 0 Å². The van der Waals surface area contributed by atoms with Gasteiger partial charge in [0, 0.05) is 27.5 Å². The zero-order valence-electron chi connectivity index (χ0n) is 29.6. The van der Waals surface area contributed by atoms with Gasteiger partial charge in [-0.15, -0.1) is 0 Å². The molecule has 9 aromatic carbocycles. The highest BCUT2D eigenvalue weighted by atomic mass is 16.3. The summed E-state index contributed by atoms with van der Waals surface area (Å²) >= 11 is 0. The van der Waals surface area contributed by atoms with E-state index >= 15 is 0 Å². The third-order valence-electron chi connectivity index (χ3n) is 10.7. The summed E-state index contributed by atoms with van der Waals surface area (Å²) in [5.74, 6) is 1.86. The normalized spacial score (nSPS) is 11.6. The monoisotopic (exact) mass is 701 g/mol. The number of nitrogens with zero attached hydrogens (tertiary/aromatic N) is 3. The second kappa shape index (κ2) is 12.6. The van der Waals surface area contributed by atoms with E-state index in [-0.39, 0.29) is 0 Å². The van der Waals surface area contributed by atoms with Gasteiger partial charge in [0.05, 0.1) is 0 Å². The van der Waals surface area contributed by atoms with E-state index in [4.69, 9.17) is 19.4 Å². The van der Waals surface area contributed by atoms with Gasteiger partial charge in [-0.1, -0.05) is 146 Å². The highest BCUT2D eigenvalue weighted by Crippen LogP contribution is 2.37. The summed E-state index contributed by atoms with van der Waals surface area (Å²) in [7, 11) is 0. The van der Waals surface area contributed by atoms with Crippen LogP contribution >= 0.6 is 0 Å². The maximum absolute atomic E-state index is 6.12. The Balaban J connectivity index is 1.02. The van der Waals surface area contributed by atoms with Gasteiger partial charge in [-0.2, -0.15) is 0 Å². The lowest BCUT2D eigenvalue weighted by Crippen LogP contribution is -2.00. The van der Waals surface area contributed by atoms with Crippen LogP contribution in [0.1, 0.15) is 0 Å². The fourth-order valence-electron chi connectivity index (χ4n) is 7.95. The van der Waals surface area contributed by atoms with E-state index < -0.39 is 0 Å². The second-order valence-electron chi connectivity index (χ2n) is 14.0. The lowest BCUT2D eigenvalue weighted by Gasteiger charge is -2.12. The predicted octanol–water partition coefficient (Wildman–Crippen LogP) is 13.6.